The van der Waals surface area contributed by atoms with E-state index in [0.29, 0.717) is 11.4 Å². The average Bonchev–Trinajstić information content (AvgIpc) is 2.77. The van der Waals surface area contributed by atoms with Crippen molar-refractivity contribution in [3.8, 4) is 0 Å². The first-order chi connectivity index (χ1) is 9.76. The predicted octanol–water partition coefficient (Wildman–Crippen LogP) is 2.39. The number of aromatic amines is 1. The molecule has 21 heavy (non-hydrogen) atoms. The number of sulfonamides is 1. The Balaban J connectivity index is 2.45. The lowest BCUT2D eigenvalue weighted by atomic mass is 10.1. The molecule has 1 aromatic carbocycles. The summed E-state index contributed by atoms with van der Waals surface area (Å²) in [5, 5.41) is 15.6. The molecule has 0 radical (unpaired) electrons. The van der Waals surface area contributed by atoms with E-state index in [4.69, 9.17) is 0 Å². The Morgan fingerprint density at radius 2 is 1.86 bits per heavy atom. The third kappa shape index (κ3) is 3.12. The molecule has 0 aliphatic heterocycles. The molecule has 0 aliphatic rings. The van der Waals surface area contributed by atoms with Crippen molar-refractivity contribution in [1.29, 1.82) is 0 Å². The number of aromatic nitrogens is 2. The van der Waals surface area contributed by atoms with Crippen molar-refractivity contribution in [2.45, 2.75) is 32.3 Å². The van der Waals surface area contributed by atoms with Crippen LogP contribution in [0.3, 0.4) is 0 Å². The summed E-state index contributed by atoms with van der Waals surface area (Å²) in [6.45, 7) is 4.92. The van der Waals surface area contributed by atoms with E-state index in [0.717, 1.165) is 15.6 Å². The highest BCUT2D eigenvalue weighted by atomic mass is 79.9. The Hall–Kier alpha value is -1.38. The molecule has 0 atom stereocenters. The number of halogens is 1. The maximum atomic E-state index is 12.5. The fraction of sp³-hybridized carbons (Fsp3) is 0.308. The smallest absolute Gasteiger partial charge is 0.265 e. The maximum Gasteiger partial charge on any atom is 0.265 e. The van der Waals surface area contributed by atoms with E-state index in [2.05, 4.69) is 30.8 Å². The largest absolute Gasteiger partial charge is 0.390 e. The number of nitrogens with one attached hydrogen (secondary N) is 2. The monoisotopic (exact) mass is 373 g/mol. The lowest BCUT2D eigenvalue weighted by molar-refractivity contribution is 0.273. The van der Waals surface area contributed by atoms with Gasteiger partial charge < -0.3 is 5.11 Å². The van der Waals surface area contributed by atoms with Gasteiger partial charge in [0, 0.05) is 10.2 Å². The number of hydrogen-bond donors (Lipinski definition) is 3. The number of anilines is 1. The fourth-order valence-electron chi connectivity index (χ4n) is 2.14. The predicted molar refractivity (Wildman–Crippen MR) is 83.7 cm³/mol. The van der Waals surface area contributed by atoms with Gasteiger partial charge in [-0.25, -0.2) is 8.42 Å². The van der Waals surface area contributed by atoms with Crippen LogP contribution < -0.4 is 4.72 Å². The summed E-state index contributed by atoms with van der Waals surface area (Å²) in [4.78, 5) is -0.0109. The number of H-pyrrole nitrogens is 1. The fourth-order valence-corrected chi connectivity index (χ4v) is 3.77. The highest BCUT2D eigenvalue weighted by molar-refractivity contribution is 9.10. The zero-order valence-corrected chi connectivity index (χ0v) is 14.3. The Morgan fingerprint density at radius 3 is 2.38 bits per heavy atom. The summed E-state index contributed by atoms with van der Waals surface area (Å²) in [5.74, 6) is 0. The summed E-state index contributed by atoms with van der Waals surface area (Å²) >= 11 is 3.44. The van der Waals surface area contributed by atoms with Crippen LogP contribution in [0.5, 0.6) is 0 Å². The van der Waals surface area contributed by atoms with E-state index in [1.54, 1.807) is 19.1 Å². The number of aliphatic hydroxyl groups excluding tert-OH is 1. The highest BCUT2D eigenvalue weighted by Gasteiger charge is 2.24. The van der Waals surface area contributed by atoms with Crippen molar-refractivity contribution in [1.82, 2.24) is 10.2 Å². The van der Waals surface area contributed by atoms with E-state index in [1.165, 1.54) is 0 Å². The quantitative estimate of drug-likeness (QED) is 0.766. The van der Waals surface area contributed by atoms with Crippen LogP contribution in [0.2, 0.25) is 0 Å². The van der Waals surface area contributed by atoms with Crippen LogP contribution in [0.4, 0.5) is 5.69 Å². The molecule has 0 saturated carbocycles. The van der Waals surface area contributed by atoms with Crippen molar-refractivity contribution in [3.05, 3.63) is 39.1 Å². The standard InChI is InChI=1S/C13H16BrN3O3S/c1-7-4-10(5-8(2)12(7)14)17-21(19,20)13-9(3)15-16-11(13)6-18/h4-5,17-18H,6H2,1-3H3,(H,15,16). The van der Waals surface area contributed by atoms with Crippen LogP contribution in [0.25, 0.3) is 0 Å². The number of hydrogen-bond acceptors (Lipinski definition) is 4. The molecule has 0 fully saturated rings. The van der Waals surface area contributed by atoms with E-state index in [9.17, 15) is 13.5 Å². The number of aryl methyl sites for hydroxylation is 3. The average molecular weight is 374 g/mol. The summed E-state index contributed by atoms with van der Waals surface area (Å²) in [7, 11) is -3.81. The molecule has 0 unspecified atom stereocenters. The molecule has 6 nitrogen and oxygen atoms in total. The molecule has 0 saturated heterocycles. The Kier molecular flexibility index (Phi) is 4.40. The second-order valence-electron chi connectivity index (χ2n) is 4.81. The molecule has 2 aromatic rings. The Labute approximate surface area is 131 Å². The van der Waals surface area contributed by atoms with E-state index in [1.807, 2.05) is 13.8 Å². The van der Waals surface area contributed by atoms with Crippen molar-refractivity contribution < 1.29 is 13.5 Å². The van der Waals surface area contributed by atoms with Crippen LogP contribution >= 0.6 is 15.9 Å². The van der Waals surface area contributed by atoms with E-state index in [-0.39, 0.29) is 10.6 Å². The topological polar surface area (TPSA) is 95.1 Å². The number of aliphatic hydroxyl groups is 1. The van der Waals surface area contributed by atoms with Gasteiger partial charge in [0.15, 0.2) is 0 Å². The summed E-state index contributed by atoms with van der Waals surface area (Å²) < 4.78 is 28.4. The second-order valence-corrected chi connectivity index (χ2v) is 7.22. The first-order valence-corrected chi connectivity index (χ1v) is 8.48. The third-order valence-corrected chi connectivity index (χ3v) is 5.90. The molecule has 1 heterocycles. The van der Waals surface area contributed by atoms with Crippen molar-refractivity contribution in [2.75, 3.05) is 4.72 Å². The third-order valence-electron chi connectivity index (χ3n) is 3.07. The molecule has 3 N–H and O–H groups in total. The molecule has 114 valence electrons. The Morgan fingerprint density at radius 1 is 1.29 bits per heavy atom. The molecular weight excluding hydrogens is 358 g/mol. The van der Waals surface area contributed by atoms with Crippen LogP contribution in [0, 0.1) is 20.8 Å². The lowest BCUT2D eigenvalue weighted by Gasteiger charge is -2.11. The minimum absolute atomic E-state index is 0.0109. The zero-order chi connectivity index (χ0) is 15.8. The summed E-state index contributed by atoms with van der Waals surface area (Å²) in [5.41, 5.74) is 2.82. The van der Waals surface area contributed by atoms with Crippen molar-refractivity contribution >= 4 is 31.6 Å². The van der Waals surface area contributed by atoms with E-state index < -0.39 is 16.6 Å². The van der Waals surface area contributed by atoms with Crippen LogP contribution in [-0.4, -0.2) is 23.7 Å². The normalized spacial score (nSPS) is 11.7. The summed E-state index contributed by atoms with van der Waals surface area (Å²) in [6, 6.07) is 3.48. The van der Waals surface area contributed by atoms with Crippen LogP contribution in [-0.2, 0) is 16.6 Å². The molecule has 0 amide bonds. The lowest BCUT2D eigenvalue weighted by Crippen LogP contribution is -2.15. The molecule has 0 aliphatic carbocycles. The second kappa shape index (κ2) is 5.78. The molecule has 1 aromatic heterocycles. The molecule has 0 spiro atoms. The van der Waals surface area contributed by atoms with Gasteiger partial charge in [0.1, 0.15) is 10.6 Å². The Bertz CT molecular complexity index is 761. The summed E-state index contributed by atoms with van der Waals surface area (Å²) in [6.07, 6.45) is 0. The number of nitrogens with zero attached hydrogens (tertiary/aromatic N) is 1. The molecule has 0 bridgehead atoms. The van der Waals surface area contributed by atoms with Crippen molar-refractivity contribution in [2.24, 2.45) is 0 Å². The van der Waals surface area contributed by atoms with Gasteiger partial charge >= 0.3 is 0 Å². The minimum Gasteiger partial charge on any atom is -0.390 e. The molecule has 2 rings (SSSR count). The highest BCUT2D eigenvalue weighted by Crippen LogP contribution is 2.27. The minimum atomic E-state index is -3.81. The van der Waals surface area contributed by atoms with Gasteiger partial charge in [-0.15, -0.1) is 0 Å². The first kappa shape index (κ1) is 16.0. The van der Waals surface area contributed by atoms with Gasteiger partial charge in [-0.05, 0) is 44.0 Å². The zero-order valence-electron chi connectivity index (χ0n) is 11.9. The van der Waals surface area contributed by atoms with E-state index >= 15 is 0 Å². The maximum absolute atomic E-state index is 12.5. The van der Waals surface area contributed by atoms with Gasteiger partial charge in [-0.1, -0.05) is 15.9 Å². The van der Waals surface area contributed by atoms with Gasteiger partial charge in [0.25, 0.3) is 10.0 Å². The SMILES string of the molecule is Cc1cc(NS(=O)(=O)c2c(CO)n[nH]c2C)cc(C)c1Br. The number of rotatable bonds is 4. The number of benzene rings is 1. The van der Waals surface area contributed by atoms with Crippen LogP contribution in [0.1, 0.15) is 22.5 Å². The molecular formula is C13H16BrN3O3S. The van der Waals surface area contributed by atoms with Gasteiger partial charge in [0.2, 0.25) is 0 Å². The molecule has 8 heteroatoms. The van der Waals surface area contributed by atoms with Crippen molar-refractivity contribution in [3.63, 3.8) is 0 Å². The van der Waals surface area contributed by atoms with Gasteiger partial charge in [0.05, 0.1) is 12.3 Å². The van der Waals surface area contributed by atoms with Gasteiger partial charge in [-0.3, -0.25) is 9.82 Å². The first-order valence-electron chi connectivity index (χ1n) is 6.20. The van der Waals surface area contributed by atoms with Crippen LogP contribution in [0.15, 0.2) is 21.5 Å². The van der Waals surface area contributed by atoms with Gasteiger partial charge in [-0.2, -0.15) is 5.10 Å².